The molecule has 1 aliphatic carbocycles. The molecule has 126 valence electrons. The van der Waals surface area contributed by atoms with Crippen LogP contribution in [0.2, 0.25) is 0 Å². The molecule has 1 N–H and O–H groups in total. The normalized spacial score (nSPS) is 32.3. The number of ether oxygens (including phenoxy) is 2. The van der Waals surface area contributed by atoms with Crippen LogP contribution in [0.4, 0.5) is 0 Å². The molecule has 2 heterocycles. The number of hydrogen-bond donors (Lipinski definition) is 1. The van der Waals surface area contributed by atoms with Crippen LogP contribution in [0.25, 0.3) is 0 Å². The van der Waals surface area contributed by atoms with Gasteiger partial charge in [-0.25, -0.2) is 0 Å². The van der Waals surface area contributed by atoms with E-state index in [2.05, 4.69) is 23.1 Å². The Morgan fingerprint density at radius 3 is 2.74 bits per heavy atom. The van der Waals surface area contributed by atoms with Gasteiger partial charge in [0.1, 0.15) is 0 Å². The van der Waals surface area contributed by atoms with Crippen molar-refractivity contribution in [3.8, 4) is 0 Å². The summed E-state index contributed by atoms with van der Waals surface area (Å²) in [5.74, 6) is 0. The van der Waals surface area contributed by atoms with Gasteiger partial charge in [0.2, 0.25) is 0 Å². The van der Waals surface area contributed by atoms with Crippen LogP contribution in [0.15, 0.2) is 24.3 Å². The van der Waals surface area contributed by atoms with Crippen LogP contribution in [-0.4, -0.2) is 54.6 Å². The molecule has 3 unspecified atom stereocenters. The van der Waals surface area contributed by atoms with Gasteiger partial charge >= 0.3 is 0 Å². The van der Waals surface area contributed by atoms with Gasteiger partial charge in [-0.3, -0.25) is 4.90 Å². The Labute approximate surface area is 138 Å². The second-order valence-corrected chi connectivity index (χ2v) is 7.12. The summed E-state index contributed by atoms with van der Waals surface area (Å²) in [7, 11) is 0. The summed E-state index contributed by atoms with van der Waals surface area (Å²) < 4.78 is 11.7. The highest BCUT2D eigenvalue weighted by Crippen LogP contribution is 2.35. The van der Waals surface area contributed by atoms with Crippen LogP contribution in [0, 0.1) is 0 Å². The molecule has 0 amide bonds. The second kappa shape index (κ2) is 6.89. The van der Waals surface area contributed by atoms with Crippen molar-refractivity contribution < 1.29 is 14.6 Å². The van der Waals surface area contributed by atoms with Crippen molar-refractivity contribution >= 4 is 0 Å². The first-order chi connectivity index (χ1) is 11.3. The number of aliphatic hydroxyl groups is 1. The average Bonchev–Trinajstić information content (AvgIpc) is 3.22. The Morgan fingerprint density at radius 1 is 1.17 bits per heavy atom. The van der Waals surface area contributed by atoms with Gasteiger partial charge in [-0.2, -0.15) is 0 Å². The summed E-state index contributed by atoms with van der Waals surface area (Å²) in [4.78, 5) is 2.45. The van der Waals surface area contributed by atoms with Gasteiger partial charge in [0.15, 0.2) is 0 Å². The summed E-state index contributed by atoms with van der Waals surface area (Å²) in [5.41, 5.74) is 2.43. The molecule has 3 aliphatic rings. The summed E-state index contributed by atoms with van der Waals surface area (Å²) >= 11 is 0. The van der Waals surface area contributed by atoms with E-state index < -0.39 is 0 Å². The van der Waals surface area contributed by atoms with E-state index in [1.807, 2.05) is 6.07 Å². The van der Waals surface area contributed by atoms with E-state index in [9.17, 15) is 5.11 Å². The summed E-state index contributed by atoms with van der Waals surface area (Å²) in [6.45, 7) is 3.69. The number of piperidine rings is 1. The Kier molecular flexibility index (Phi) is 4.67. The molecule has 4 nitrogen and oxygen atoms in total. The van der Waals surface area contributed by atoms with Gasteiger partial charge in [-0.05, 0) is 43.2 Å². The number of rotatable bonds is 4. The molecule has 0 bridgehead atoms. The van der Waals surface area contributed by atoms with E-state index in [0.717, 1.165) is 57.6 Å². The van der Waals surface area contributed by atoms with Crippen molar-refractivity contribution in [3.63, 3.8) is 0 Å². The molecular weight excluding hydrogens is 290 g/mol. The zero-order valence-corrected chi connectivity index (χ0v) is 13.7. The standard InChI is InChI=1S/C19H27NO3/c21-19-17-6-2-1-4-14(17)12-18(19)20-9-7-15(8-10-20)23-13-16-5-3-11-22-16/h1-2,4,6,15-16,18-19,21H,3,5,7-13H2. The van der Waals surface area contributed by atoms with Gasteiger partial charge in [0, 0.05) is 25.7 Å². The number of likely N-dealkylation sites (tertiary alicyclic amines) is 1. The first kappa shape index (κ1) is 15.6. The van der Waals surface area contributed by atoms with Crippen molar-refractivity contribution in [2.75, 3.05) is 26.3 Å². The molecule has 4 heteroatoms. The minimum atomic E-state index is -0.337. The van der Waals surface area contributed by atoms with Crippen LogP contribution >= 0.6 is 0 Å². The average molecular weight is 317 g/mol. The smallest absolute Gasteiger partial charge is 0.0951 e. The lowest BCUT2D eigenvalue weighted by Crippen LogP contribution is -2.45. The van der Waals surface area contributed by atoms with Crippen molar-refractivity contribution in [3.05, 3.63) is 35.4 Å². The predicted molar refractivity (Wildman–Crippen MR) is 88.4 cm³/mol. The van der Waals surface area contributed by atoms with Crippen molar-refractivity contribution in [2.24, 2.45) is 0 Å². The molecule has 3 atom stereocenters. The van der Waals surface area contributed by atoms with E-state index in [4.69, 9.17) is 9.47 Å². The number of benzene rings is 1. The van der Waals surface area contributed by atoms with Gasteiger partial charge in [0.05, 0.1) is 24.9 Å². The van der Waals surface area contributed by atoms with Crippen LogP contribution in [0.5, 0.6) is 0 Å². The first-order valence-electron chi connectivity index (χ1n) is 9.04. The quantitative estimate of drug-likeness (QED) is 0.925. The van der Waals surface area contributed by atoms with Gasteiger partial charge < -0.3 is 14.6 Å². The summed E-state index contributed by atoms with van der Waals surface area (Å²) in [5, 5.41) is 10.6. The highest BCUT2D eigenvalue weighted by atomic mass is 16.5. The molecule has 1 aromatic carbocycles. The van der Waals surface area contributed by atoms with Crippen molar-refractivity contribution in [1.29, 1.82) is 0 Å². The Morgan fingerprint density at radius 2 is 2.00 bits per heavy atom. The van der Waals surface area contributed by atoms with E-state index in [-0.39, 0.29) is 12.1 Å². The maximum atomic E-state index is 10.6. The van der Waals surface area contributed by atoms with Crippen LogP contribution in [0.1, 0.15) is 42.9 Å². The number of fused-ring (bicyclic) bond motifs is 1. The Bertz CT molecular complexity index is 521. The second-order valence-electron chi connectivity index (χ2n) is 7.12. The third-order valence-corrected chi connectivity index (χ3v) is 5.65. The predicted octanol–water partition coefficient (Wildman–Crippen LogP) is 2.30. The van der Waals surface area contributed by atoms with Crippen LogP contribution < -0.4 is 0 Å². The van der Waals surface area contributed by atoms with E-state index >= 15 is 0 Å². The first-order valence-corrected chi connectivity index (χ1v) is 9.04. The maximum Gasteiger partial charge on any atom is 0.0951 e. The Hall–Kier alpha value is -0.940. The minimum Gasteiger partial charge on any atom is -0.387 e. The third kappa shape index (κ3) is 3.31. The fourth-order valence-corrected chi connectivity index (χ4v) is 4.27. The molecule has 4 rings (SSSR count). The lowest BCUT2D eigenvalue weighted by Gasteiger charge is -2.37. The fraction of sp³-hybridized carbons (Fsp3) is 0.684. The van der Waals surface area contributed by atoms with E-state index in [1.165, 1.54) is 12.0 Å². The lowest BCUT2D eigenvalue weighted by molar-refractivity contribution is -0.0531. The highest BCUT2D eigenvalue weighted by molar-refractivity contribution is 5.35. The van der Waals surface area contributed by atoms with Gasteiger partial charge in [-0.15, -0.1) is 0 Å². The molecule has 0 saturated carbocycles. The minimum absolute atomic E-state index is 0.242. The molecule has 0 aromatic heterocycles. The van der Waals surface area contributed by atoms with Crippen LogP contribution in [0.3, 0.4) is 0 Å². The number of nitrogens with zero attached hydrogens (tertiary/aromatic N) is 1. The molecule has 2 saturated heterocycles. The van der Waals surface area contributed by atoms with Gasteiger partial charge in [0.25, 0.3) is 0 Å². The van der Waals surface area contributed by atoms with Crippen molar-refractivity contribution in [2.45, 2.75) is 56.5 Å². The number of hydrogen-bond acceptors (Lipinski definition) is 4. The molecule has 0 radical (unpaired) electrons. The molecule has 0 spiro atoms. The molecule has 2 fully saturated rings. The maximum absolute atomic E-state index is 10.6. The van der Waals surface area contributed by atoms with Gasteiger partial charge in [-0.1, -0.05) is 24.3 Å². The highest BCUT2D eigenvalue weighted by Gasteiger charge is 2.36. The van der Waals surface area contributed by atoms with Crippen LogP contribution in [-0.2, 0) is 15.9 Å². The fourth-order valence-electron chi connectivity index (χ4n) is 4.27. The van der Waals surface area contributed by atoms with E-state index in [0.29, 0.717) is 12.2 Å². The van der Waals surface area contributed by atoms with E-state index in [1.54, 1.807) is 0 Å². The lowest BCUT2D eigenvalue weighted by atomic mass is 10.0. The van der Waals surface area contributed by atoms with Crippen molar-refractivity contribution in [1.82, 2.24) is 4.90 Å². The Balaban J connectivity index is 1.27. The third-order valence-electron chi connectivity index (χ3n) is 5.65. The molecule has 1 aromatic rings. The topological polar surface area (TPSA) is 41.9 Å². The molecule has 2 aliphatic heterocycles. The molecular formula is C19H27NO3. The monoisotopic (exact) mass is 317 g/mol. The zero-order valence-electron chi connectivity index (χ0n) is 13.7. The summed E-state index contributed by atoms with van der Waals surface area (Å²) in [6, 6.07) is 8.55. The molecule has 23 heavy (non-hydrogen) atoms. The number of aliphatic hydroxyl groups excluding tert-OH is 1. The summed E-state index contributed by atoms with van der Waals surface area (Å²) in [6.07, 6.45) is 5.75. The SMILES string of the molecule is OC1c2ccccc2CC1N1CCC(OCC2CCCO2)CC1. The largest absolute Gasteiger partial charge is 0.387 e. The zero-order chi connectivity index (χ0) is 15.6.